The third-order valence-corrected chi connectivity index (χ3v) is 23.6. The van der Waals surface area contributed by atoms with Crippen LogP contribution < -0.4 is 45.9 Å². The Bertz CT molecular complexity index is 5340. The maximum Gasteiger partial charge on any atom is 0.430 e. The number of para-hydroxylation sites is 2. The van der Waals surface area contributed by atoms with Crippen LogP contribution in [0.4, 0.5) is 24.5 Å². The average molecular weight is 1500 g/mol. The van der Waals surface area contributed by atoms with Crippen molar-refractivity contribution in [3.8, 4) is 0 Å². The number of aromatic nitrogens is 10. The number of allylic oxidation sites excluding steroid dienone is 4. The van der Waals surface area contributed by atoms with Crippen LogP contribution >= 0.6 is 23.2 Å². The number of hydrogen-bond acceptors (Lipinski definition) is 8. The summed E-state index contributed by atoms with van der Waals surface area (Å²) in [6.07, 6.45) is 23.6. The minimum Gasteiger partial charge on any atom is -0.550 e. The predicted molar refractivity (Wildman–Crippen MR) is 408 cm³/mol. The van der Waals surface area contributed by atoms with Gasteiger partial charge in [0.05, 0.1) is 34.4 Å². The highest BCUT2D eigenvalue weighted by Gasteiger charge is 2.41. The van der Waals surface area contributed by atoms with E-state index in [-0.39, 0.29) is 6.04 Å². The van der Waals surface area contributed by atoms with Crippen LogP contribution in [0.2, 0.25) is 10.0 Å². The molecule has 0 saturated carbocycles. The minimum absolute atomic E-state index is 0.258. The second-order valence-corrected chi connectivity index (χ2v) is 31.2. The summed E-state index contributed by atoms with van der Waals surface area (Å²) in [5.74, 6) is -0.952. The molecule has 12 aromatic rings. The molecule has 18 rings (SSSR count). The van der Waals surface area contributed by atoms with Crippen LogP contribution in [0.1, 0.15) is 175 Å². The third-order valence-electron chi connectivity index (χ3n) is 23.1. The van der Waals surface area contributed by atoms with E-state index in [1.54, 1.807) is 11.1 Å². The summed E-state index contributed by atoms with van der Waals surface area (Å²) in [7, 11) is 0. The van der Waals surface area contributed by atoms with E-state index in [0.29, 0.717) is 35.5 Å². The van der Waals surface area contributed by atoms with Gasteiger partial charge in [0.15, 0.2) is 36.4 Å². The normalized spacial score (nSPS) is 20.3. The Hall–Kier alpha value is -10.2. The summed E-state index contributed by atoms with van der Waals surface area (Å²) in [5.41, 5.74) is 39.4. The van der Waals surface area contributed by atoms with Gasteiger partial charge in [-0.1, -0.05) is 154 Å². The van der Waals surface area contributed by atoms with E-state index in [2.05, 4.69) is 186 Å². The Labute approximate surface area is 634 Å². The number of benzene rings is 6. The first kappa shape index (κ1) is 73.4. The Morgan fingerprint density at radius 1 is 0.602 bits per heavy atom. The summed E-state index contributed by atoms with van der Waals surface area (Å²) >= 11 is 12.6. The number of aromatic amines is 6. The lowest BCUT2D eigenvalue weighted by molar-refractivity contribution is -0.942. The molecule has 1 aliphatic heterocycles. The van der Waals surface area contributed by atoms with Gasteiger partial charge in [0.2, 0.25) is 16.7 Å². The van der Waals surface area contributed by atoms with E-state index in [1.807, 2.05) is 24.3 Å². The molecule has 6 aromatic carbocycles. The number of rotatable bonds is 17. The number of nitrogens with two attached hydrogens (primary N) is 2. The highest BCUT2D eigenvalue weighted by atomic mass is 35.5. The quantitative estimate of drug-likeness (QED) is 0.0261. The van der Waals surface area contributed by atoms with Crippen molar-refractivity contribution in [1.82, 2.24) is 30.6 Å². The van der Waals surface area contributed by atoms with Crippen LogP contribution in [-0.4, -0.2) is 55.3 Å². The zero-order valence-corrected chi connectivity index (χ0v) is 62.0. The van der Waals surface area contributed by atoms with Crippen LogP contribution in [-0.2, 0) is 61.3 Å². The molecule has 5 aliphatic carbocycles. The van der Waals surface area contributed by atoms with E-state index in [9.17, 15) is 13.2 Å². The monoisotopic (exact) mass is 1500 g/mol. The Morgan fingerprint density at radius 3 is 1.62 bits per heavy atom. The number of carbonyl (C=O) groups is 2. The Kier molecular flexibility index (Phi) is 21.7. The maximum absolute atomic E-state index is 10.5. The Balaban J connectivity index is 0.000000152. The van der Waals surface area contributed by atoms with Gasteiger partial charge < -0.3 is 46.1 Å². The molecule has 8 unspecified atom stereocenters. The lowest BCUT2D eigenvalue weighted by Gasteiger charge is -2.34. The zero-order chi connectivity index (χ0) is 74.7. The molecule has 11 N–H and O–H groups in total. The third kappa shape index (κ3) is 16.2. The summed E-state index contributed by atoms with van der Waals surface area (Å²) in [4.78, 5) is 34.2. The smallest absolute Gasteiger partial charge is 0.430 e. The molecule has 6 aromatic heterocycles. The number of nitrogens with zero attached hydrogens (tertiary/aromatic N) is 4. The van der Waals surface area contributed by atoms with Crippen molar-refractivity contribution in [2.75, 3.05) is 18.0 Å². The number of H-pyrrole nitrogens is 6. The molecule has 0 amide bonds. The fourth-order valence-electron chi connectivity index (χ4n) is 18.6. The molecule has 7 heterocycles. The van der Waals surface area contributed by atoms with Crippen LogP contribution in [0.15, 0.2) is 181 Å². The summed E-state index contributed by atoms with van der Waals surface area (Å²) in [5, 5.41) is 40.2. The molecular formula is C86H91Cl2F3N13O4+3. The lowest BCUT2D eigenvalue weighted by atomic mass is 9.70. The van der Waals surface area contributed by atoms with Crippen LogP contribution in [0.5, 0.6) is 0 Å². The number of alkyl halides is 3. The van der Waals surface area contributed by atoms with Crippen molar-refractivity contribution >= 4 is 90.1 Å². The van der Waals surface area contributed by atoms with Gasteiger partial charge in [0.25, 0.3) is 5.69 Å². The number of unbranched alkanes of at least 4 members (excludes halogenated alkanes) is 2. The molecule has 0 saturated heterocycles. The van der Waals surface area contributed by atoms with E-state index in [1.165, 1.54) is 121 Å². The highest BCUT2D eigenvalue weighted by Crippen LogP contribution is 2.50. The van der Waals surface area contributed by atoms with Crippen molar-refractivity contribution in [3.63, 3.8) is 0 Å². The van der Waals surface area contributed by atoms with Crippen molar-refractivity contribution in [2.45, 2.75) is 166 Å². The van der Waals surface area contributed by atoms with Gasteiger partial charge in [0, 0.05) is 114 Å². The molecule has 22 heteroatoms. The number of carboxylic acid groups (broad SMARTS) is 2. The average Bonchev–Trinajstić information content (AvgIpc) is 1.12. The lowest BCUT2D eigenvalue weighted by Crippen LogP contribution is -3.12. The number of nitrogen functional groups attached to an aromatic ring is 2. The number of aryl methyl sites for hydroxylation is 4. The molecule has 6 aliphatic rings. The van der Waals surface area contributed by atoms with Gasteiger partial charge in [-0.15, -0.1) is 0 Å². The van der Waals surface area contributed by atoms with Crippen molar-refractivity contribution in [1.29, 1.82) is 0 Å². The van der Waals surface area contributed by atoms with E-state index >= 15 is 0 Å². The number of hydrogen-bond donors (Lipinski definition) is 7. The molecule has 108 heavy (non-hydrogen) atoms. The summed E-state index contributed by atoms with van der Waals surface area (Å²) < 4.78 is 35.9. The Morgan fingerprint density at radius 2 is 1.08 bits per heavy atom. The van der Waals surface area contributed by atoms with E-state index < -0.39 is 18.1 Å². The van der Waals surface area contributed by atoms with Crippen molar-refractivity contribution in [2.24, 2.45) is 17.8 Å². The maximum atomic E-state index is 10.5. The molecule has 8 atom stereocenters. The van der Waals surface area contributed by atoms with Crippen molar-refractivity contribution < 1.29 is 57.2 Å². The largest absolute Gasteiger partial charge is 0.550 e. The second-order valence-electron chi connectivity index (χ2n) is 30.4. The number of pyridine rings is 2. The van der Waals surface area contributed by atoms with Gasteiger partial charge in [-0.05, 0) is 173 Å². The molecule has 0 fully saturated rings. The molecule has 4 bridgehead atoms. The molecule has 556 valence electrons. The number of nitrogens with one attached hydrogen (secondary N) is 7. The minimum atomic E-state index is -5.19. The highest BCUT2D eigenvalue weighted by molar-refractivity contribution is 6.31. The topological polar surface area (TPSA) is 262 Å². The van der Waals surface area contributed by atoms with Crippen LogP contribution in [0, 0.1) is 17.8 Å². The van der Waals surface area contributed by atoms with Crippen LogP contribution in [0.25, 0.3) is 43.6 Å². The SMILES string of the molecule is CC(=O)[O-].Nc1c2c([nH+]c3cc(Cl)ccc13)CC1C=C(CCCC[n+]3cc(CCC4CCc5c([nH]c6ccccc56)C4c4ccccc4)n[nH]3)CC2C1.Nc1c2c([nH+]c3cc(Cl)ccc13)CC1C=C(CCCC[n+]3cc(C[NH+]4CCc5c([nH]c6ccccc56)C4c4ccccc4)n[nH]3)CC2C1.O=C([O-])C(F)(F)F. The van der Waals surface area contributed by atoms with Gasteiger partial charge >= 0.3 is 6.18 Å². The van der Waals surface area contributed by atoms with Gasteiger partial charge in [-0.25, -0.2) is 9.97 Å². The van der Waals surface area contributed by atoms with Crippen LogP contribution in [0.3, 0.4) is 0 Å². The number of quaternary nitrogens is 1. The molecule has 0 radical (unpaired) electrons. The fourth-order valence-corrected chi connectivity index (χ4v) is 19.0. The number of carbonyl (C=O) groups excluding carboxylic acids is 2. The summed E-state index contributed by atoms with van der Waals surface area (Å²) in [6.45, 7) is 4.87. The fraction of sp³-hybridized carbons (Fsp3) is 0.349. The molecule has 17 nitrogen and oxygen atoms in total. The van der Waals surface area contributed by atoms with Gasteiger partial charge in [0.1, 0.15) is 19.1 Å². The number of fused-ring (bicyclic) bond motifs is 16. The first-order valence-electron chi connectivity index (χ1n) is 38.0. The second kappa shape index (κ2) is 32.0. The number of aliphatic carboxylic acids is 2. The van der Waals surface area contributed by atoms with Gasteiger partial charge in [-0.3, -0.25) is 0 Å². The van der Waals surface area contributed by atoms with Crippen molar-refractivity contribution in [3.05, 3.63) is 259 Å². The summed E-state index contributed by atoms with van der Waals surface area (Å²) in [6, 6.07) is 51.9. The van der Waals surface area contributed by atoms with E-state index in [4.69, 9.17) is 64.7 Å². The standard InChI is InChI=1S/C42H43ClN6.C40H40ClN7.C2HF3O2.C2H4O2/c43-31-15-18-35-37(24-31)45-38-23-27-20-26(21-30(22-27)40(38)41(35)44)8-6-7-19-49-25-32(47-48-49)16-13-29-14-17-34-33-11-4-5-12-36(33)46-42(34)39(29)28-9-2-1-3-10-28;41-29-13-14-33-35(22-29)43-36-21-26-18-25(19-28(20-26)37(36)38(33)42)8-6-7-16-48-24-30(45-46-48)23-47-17-15-32-31-11-4-5-12-34(31)44-39(32)40(47)27-9-2-1-3-10-27;3-2(4,5)1(6)7;1-2(3)4/h1-5,9-12,15,18,20,24-25,27,29-30,39,46H,6-8,13-14,16-17,19,21-23H2,(H2,44,45);1-5,9-14,18,22,24,26,28,40,44H,6-8,15-17,19-21,23H2,(H2,42,43);(H,6,7);1H3,(H,3,4)/p+3. The molecular weight excluding hydrogens is 1410 g/mol. The van der Waals surface area contributed by atoms with E-state index in [0.717, 1.165) is 159 Å². The number of anilines is 2. The van der Waals surface area contributed by atoms with Gasteiger partial charge in [-0.2, -0.15) is 22.5 Å². The number of carboxylic acids is 2. The predicted octanol–water partition coefficient (Wildman–Crippen LogP) is 12.6. The molecule has 0 spiro atoms. The first-order chi connectivity index (χ1) is 52.3. The zero-order valence-electron chi connectivity index (χ0n) is 60.5. The first-order valence-corrected chi connectivity index (χ1v) is 38.8. The number of halogens is 5.